The SMILES string of the molecule is Cc1ccn2cc(CNC(=O)c3ccc4c(c3)ncn4CCO)nc2c1. The van der Waals surface area contributed by atoms with Gasteiger partial charge in [-0.15, -0.1) is 0 Å². The predicted molar refractivity (Wildman–Crippen MR) is 97.9 cm³/mol. The van der Waals surface area contributed by atoms with Gasteiger partial charge in [0.15, 0.2) is 0 Å². The molecule has 0 saturated carbocycles. The molecule has 4 aromatic rings. The maximum atomic E-state index is 12.4. The summed E-state index contributed by atoms with van der Waals surface area (Å²) in [5, 5.41) is 12.0. The molecular formula is C19H19N5O2. The van der Waals surface area contributed by atoms with Crippen molar-refractivity contribution in [2.24, 2.45) is 0 Å². The van der Waals surface area contributed by atoms with Crippen molar-refractivity contribution in [1.29, 1.82) is 0 Å². The first-order chi connectivity index (χ1) is 12.6. The third-order valence-electron chi connectivity index (χ3n) is 4.32. The molecule has 4 rings (SSSR count). The summed E-state index contributed by atoms with van der Waals surface area (Å²) in [4.78, 5) is 21.3. The number of carbonyl (C=O) groups excluding carboxylic acids is 1. The molecule has 0 unspecified atom stereocenters. The van der Waals surface area contributed by atoms with Crippen molar-refractivity contribution in [1.82, 2.24) is 24.3 Å². The predicted octanol–water partition coefficient (Wildman–Crippen LogP) is 1.91. The van der Waals surface area contributed by atoms with Gasteiger partial charge in [0.05, 0.1) is 36.2 Å². The van der Waals surface area contributed by atoms with Crippen LogP contribution in [0.4, 0.5) is 0 Å². The normalized spacial score (nSPS) is 11.3. The number of aromatic nitrogens is 4. The minimum absolute atomic E-state index is 0.0479. The monoisotopic (exact) mass is 349 g/mol. The maximum Gasteiger partial charge on any atom is 0.251 e. The van der Waals surface area contributed by atoms with E-state index >= 15 is 0 Å². The van der Waals surface area contributed by atoms with Crippen LogP contribution in [0.3, 0.4) is 0 Å². The van der Waals surface area contributed by atoms with Crippen molar-refractivity contribution in [3.05, 3.63) is 65.9 Å². The highest BCUT2D eigenvalue weighted by atomic mass is 16.3. The topological polar surface area (TPSA) is 84.5 Å². The molecule has 0 saturated heterocycles. The molecule has 3 aromatic heterocycles. The third kappa shape index (κ3) is 3.04. The average molecular weight is 349 g/mol. The van der Waals surface area contributed by atoms with Gasteiger partial charge in [0.1, 0.15) is 5.65 Å². The zero-order chi connectivity index (χ0) is 18.1. The standard InChI is InChI=1S/C19H19N5O2/c1-13-4-5-23-11-15(22-18(23)8-13)10-20-19(26)14-2-3-17-16(9-14)21-12-24(17)6-7-25/h2-5,8-9,11-12,25H,6-7,10H2,1H3,(H,20,26). The molecule has 1 aromatic carbocycles. The number of pyridine rings is 1. The number of hydrogen-bond acceptors (Lipinski definition) is 4. The minimum Gasteiger partial charge on any atom is -0.395 e. The lowest BCUT2D eigenvalue weighted by atomic mass is 10.2. The van der Waals surface area contributed by atoms with Crippen molar-refractivity contribution in [3.8, 4) is 0 Å². The lowest BCUT2D eigenvalue weighted by Crippen LogP contribution is -2.22. The van der Waals surface area contributed by atoms with Gasteiger partial charge in [0, 0.05) is 24.5 Å². The number of amides is 1. The summed E-state index contributed by atoms with van der Waals surface area (Å²) < 4.78 is 3.80. The van der Waals surface area contributed by atoms with Crippen LogP contribution in [0.5, 0.6) is 0 Å². The van der Waals surface area contributed by atoms with Gasteiger partial charge < -0.3 is 19.4 Å². The van der Waals surface area contributed by atoms with Crippen LogP contribution in [0.25, 0.3) is 16.7 Å². The summed E-state index contributed by atoms with van der Waals surface area (Å²) in [6.45, 7) is 2.91. The highest BCUT2D eigenvalue weighted by molar-refractivity contribution is 5.97. The van der Waals surface area contributed by atoms with Crippen LogP contribution in [0, 0.1) is 6.92 Å². The largest absolute Gasteiger partial charge is 0.395 e. The van der Waals surface area contributed by atoms with E-state index in [9.17, 15) is 4.79 Å². The van der Waals surface area contributed by atoms with Gasteiger partial charge in [-0.2, -0.15) is 0 Å². The van der Waals surface area contributed by atoms with Gasteiger partial charge in [-0.3, -0.25) is 4.79 Å². The fourth-order valence-electron chi connectivity index (χ4n) is 2.99. The summed E-state index contributed by atoms with van der Waals surface area (Å²) in [5.74, 6) is -0.170. The molecular weight excluding hydrogens is 330 g/mol. The molecule has 26 heavy (non-hydrogen) atoms. The number of aryl methyl sites for hydroxylation is 1. The smallest absolute Gasteiger partial charge is 0.251 e. The molecule has 3 heterocycles. The van der Waals surface area contributed by atoms with E-state index in [4.69, 9.17) is 5.11 Å². The van der Waals surface area contributed by atoms with E-state index in [2.05, 4.69) is 15.3 Å². The number of nitrogens with one attached hydrogen (secondary N) is 1. The Kier molecular flexibility index (Phi) is 4.14. The Hall–Kier alpha value is -3.19. The number of nitrogens with zero attached hydrogens (tertiary/aromatic N) is 4. The van der Waals surface area contributed by atoms with Gasteiger partial charge in [0.2, 0.25) is 0 Å². The number of fused-ring (bicyclic) bond motifs is 2. The van der Waals surface area contributed by atoms with Crippen LogP contribution in [-0.2, 0) is 13.1 Å². The molecule has 0 aliphatic carbocycles. The van der Waals surface area contributed by atoms with Gasteiger partial charge in [-0.25, -0.2) is 9.97 Å². The number of aliphatic hydroxyl groups excluding tert-OH is 1. The van der Waals surface area contributed by atoms with Crippen LogP contribution in [0.1, 0.15) is 21.6 Å². The summed E-state index contributed by atoms with van der Waals surface area (Å²) in [7, 11) is 0. The Morgan fingerprint density at radius 1 is 1.27 bits per heavy atom. The van der Waals surface area contributed by atoms with Gasteiger partial charge in [-0.1, -0.05) is 0 Å². The van der Waals surface area contributed by atoms with Crippen LogP contribution < -0.4 is 5.32 Å². The number of aliphatic hydroxyl groups is 1. The Morgan fingerprint density at radius 3 is 3.00 bits per heavy atom. The molecule has 0 radical (unpaired) electrons. The van der Waals surface area contributed by atoms with Crippen LogP contribution >= 0.6 is 0 Å². The highest BCUT2D eigenvalue weighted by Gasteiger charge is 2.10. The molecule has 0 atom stereocenters. The maximum absolute atomic E-state index is 12.4. The van der Waals surface area contributed by atoms with E-state index < -0.39 is 0 Å². The number of carbonyl (C=O) groups is 1. The molecule has 2 N–H and O–H groups in total. The van der Waals surface area contributed by atoms with Crippen LogP contribution in [0.2, 0.25) is 0 Å². The van der Waals surface area contributed by atoms with Gasteiger partial charge in [0.25, 0.3) is 5.91 Å². The van der Waals surface area contributed by atoms with Crippen molar-refractivity contribution >= 4 is 22.6 Å². The first kappa shape index (κ1) is 16.3. The second-order valence-electron chi connectivity index (χ2n) is 6.25. The van der Waals surface area contributed by atoms with E-state index in [1.165, 1.54) is 0 Å². The zero-order valence-corrected chi connectivity index (χ0v) is 14.4. The number of benzene rings is 1. The summed E-state index contributed by atoms with van der Waals surface area (Å²) >= 11 is 0. The van der Waals surface area contributed by atoms with Crippen LogP contribution in [-0.4, -0.2) is 36.6 Å². The lowest BCUT2D eigenvalue weighted by Gasteiger charge is -2.04. The number of hydrogen-bond donors (Lipinski definition) is 2. The summed E-state index contributed by atoms with van der Waals surface area (Å²) in [6, 6.07) is 9.39. The van der Waals surface area contributed by atoms with E-state index in [-0.39, 0.29) is 12.5 Å². The van der Waals surface area contributed by atoms with Gasteiger partial charge >= 0.3 is 0 Å². The Morgan fingerprint density at radius 2 is 2.15 bits per heavy atom. The van der Waals surface area contributed by atoms with Crippen molar-refractivity contribution in [2.75, 3.05) is 6.61 Å². The molecule has 132 valence electrons. The van der Waals surface area contributed by atoms with Crippen molar-refractivity contribution < 1.29 is 9.90 Å². The van der Waals surface area contributed by atoms with Crippen LogP contribution in [0.15, 0.2) is 49.1 Å². The molecule has 0 fully saturated rings. The van der Waals surface area contributed by atoms with Crippen molar-refractivity contribution in [3.63, 3.8) is 0 Å². The Labute approximate surface area is 149 Å². The van der Waals surface area contributed by atoms with Crippen molar-refractivity contribution in [2.45, 2.75) is 20.0 Å². The average Bonchev–Trinajstić information content (AvgIpc) is 3.23. The quantitative estimate of drug-likeness (QED) is 0.576. The number of imidazole rings is 2. The summed E-state index contributed by atoms with van der Waals surface area (Å²) in [6.07, 6.45) is 5.54. The molecule has 0 aliphatic heterocycles. The summed E-state index contributed by atoms with van der Waals surface area (Å²) in [5.41, 5.74) is 4.99. The zero-order valence-electron chi connectivity index (χ0n) is 14.4. The van der Waals surface area contributed by atoms with Gasteiger partial charge in [-0.05, 0) is 42.8 Å². The Balaban J connectivity index is 1.49. The van der Waals surface area contributed by atoms with E-state index in [0.29, 0.717) is 18.7 Å². The fourth-order valence-corrected chi connectivity index (χ4v) is 2.99. The van der Waals surface area contributed by atoms with E-state index in [1.807, 2.05) is 46.5 Å². The molecule has 7 nitrogen and oxygen atoms in total. The molecule has 0 spiro atoms. The molecule has 7 heteroatoms. The highest BCUT2D eigenvalue weighted by Crippen LogP contribution is 2.15. The number of rotatable bonds is 5. The molecule has 0 aliphatic rings. The van der Waals surface area contributed by atoms with E-state index in [0.717, 1.165) is 27.9 Å². The molecule has 1 amide bonds. The molecule has 0 bridgehead atoms. The first-order valence-corrected chi connectivity index (χ1v) is 8.42. The fraction of sp³-hybridized carbons (Fsp3) is 0.211. The second-order valence-corrected chi connectivity index (χ2v) is 6.25. The van der Waals surface area contributed by atoms with E-state index in [1.54, 1.807) is 18.5 Å². The third-order valence-corrected chi connectivity index (χ3v) is 4.32. The Bertz CT molecular complexity index is 1100. The first-order valence-electron chi connectivity index (χ1n) is 8.42. The lowest BCUT2D eigenvalue weighted by molar-refractivity contribution is 0.0950. The second kappa shape index (κ2) is 6.61. The minimum atomic E-state index is -0.170.